The maximum Gasteiger partial charge on any atom is 0.474 e. The van der Waals surface area contributed by atoms with Crippen LogP contribution in [0.5, 0.6) is 0 Å². The van der Waals surface area contributed by atoms with Gasteiger partial charge in [-0.2, -0.15) is 5.26 Å². The van der Waals surface area contributed by atoms with E-state index in [9.17, 15) is 19.5 Å². The average Bonchev–Trinajstić information content (AvgIpc) is 3.27. The van der Waals surface area contributed by atoms with E-state index in [0.717, 1.165) is 27.6 Å². The molecule has 10 heteroatoms. The zero-order valence-electron chi connectivity index (χ0n) is 20.3. The number of carbonyl (C=O) groups is 1. The molecule has 0 aliphatic heterocycles. The number of anilines is 1. The number of fused-ring (bicyclic) bond motifs is 1. The van der Waals surface area contributed by atoms with E-state index in [1.165, 1.54) is 6.08 Å². The van der Waals surface area contributed by atoms with Gasteiger partial charge in [-0.15, -0.1) is 0 Å². The van der Waals surface area contributed by atoms with E-state index in [2.05, 4.69) is 22.9 Å². The van der Waals surface area contributed by atoms with Crippen LogP contribution in [0.3, 0.4) is 0 Å². The third kappa shape index (κ3) is 5.85. The summed E-state index contributed by atoms with van der Waals surface area (Å²) < 4.78 is 24.1. The lowest BCUT2D eigenvalue weighted by molar-refractivity contribution is -0.111. The standard InChI is InChI=1S/C27H25N4O5P/c1-4-26(32)30-23-11-7-9-20(13-23)22-14-24-25(21-10-6-8-19(12-21)15-28)17-31(27(24)29-16-22)18(3)36-37(33,34)35-5-2/h4,6-14,16-18H,1,5H2,2-3H3,(H,30,32)(H,33,34). The highest BCUT2D eigenvalue weighted by Crippen LogP contribution is 2.47. The molecule has 4 rings (SSSR count). The monoisotopic (exact) mass is 516 g/mol. The van der Waals surface area contributed by atoms with E-state index < -0.39 is 14.1 Å². The number of hydrogen-bond donors (Lipinski definition) is 2. The number of phosphoric acid groups is 1. The van der Waals surface area contributed by atoms with Gasteiger partial charge in [-0.3, -0.25) is 13.8 Å². The van der Waals surface area contributed by atoms with Crippen LogP contribution in [-0.4, -0.2) is 27.0 Å². The summed E-state index contributed by atoms with van der Waals surface area (Å²) in [6.45, 7) is 6.72. The Bertz CT molecular complexity index is 1570. The Morgan fingerprint density at radius 2 is 2.00 bits per heavy atom. The molecule has 0 spiro atoms. The molecule has 2 atom stereocenters. The predicted molar refractivity (Wildman–Crippen MR) is 141 cm³/mol. The van der Waals surface area contributed by atoms with Gasteiger partial charge in [-0.05, 0) is 61.4 Å². The van der Waals surface area contributed by atoms with Crippen LogP contribution < -0.4 is 5.32 Å². The number of nitrogens with zero attached hydrogens (tertiary/aromatic N) is 3. The largest absolute Gasteiger partial charge is 0.474 e. The Kier molecular flexibility index (Phi) is 7.67. The highest BCUT2D eigenvalue weighted by atomic mass is 31.2. The summed E-state index contributed by atoms with van der Waals surface area (Å²) in [6.07, 6.45) is 3.77. The zero-order chi connectivity index (χ0) is 26.6. The number of aromatic nitrogens is 2. The van der Waals surface area contributed by atoms with E-state index >= 15 is 0 Å². The molecule has 0 saturated carbocycles. The van der Waals surface area contributed by atoms with Crippen molar-refractivity contribution < 1.29 is 23.3 Å². The van der Waals surface area contributed by atoms with E-state index in [1.807, 2.05) is 30.3 Å². The summed E-state index contributed by atoms with van der Waals surface area (Å²) in [5.41, 5.74) is 4.76. The van der Waals surface area contributed by atoms with Crippen molar-refractivity contribution >= 4 is 30.5 Å². The molecule has 9 nitrogen and oxygen atoms in total. The van der Waals surface area contributed by atoms with E-state index in [0.29, 0.717) is 16.9 Å². The average molecular weight is 516 g/mol. The van der Waals surface area contributed by atoms with Crippen LogP contribution in [-0.2, 0) is 18.4 Å². The number of nitriles is 1. The fourth-order valence-electron chi connectivity index (χ4n) is 3.96. The minimum Gasteiger partial charge on any atom is -0.323 e. The molecule has 0 radical (unpaired) electrons. The molecule has 0 bridgehead atoms. The third-order valence-corrected chi connectivity index (χ3v) is 6.75. The van der Waals surface area contributed by atoms with Crippen molar-refractivity contribution in [2.24, 2.45) is 0 Å². The highest BCUT2D eigenvalue weighted by Gasteiger charge is 2.26. The molecule has 0 aliphatic carbocycles. The van der Waals surface area contributed by atoms with Crippen molar-refractivity contribution in [3.05, 3.63) is 85.2 Å². The van der Waals surface area contributed by atoms with Gasteiger partial charge < -0.3 is 14.8 Å². The predicted octanol–water partition coefficient (Wildman–Crippen LogP) is 6.04. The first-order valence-electron chi connectivity index (χ1n) is 11.5. The Morgan fingerprint density at radius 1 is 1.24 bits per heavy atom. The molecule has 0 aliphatic rings. The van der Waals surface area contributed by atoms with Crippen LogP contribution in [0.4, 0.5) is 5.69 Å². The van der Waals surface area contributed by atoms with Crippen LogP contribution in [0.25, 0.3) is 33.3 Å². The molecule has 188 valence electrons. The second-order valence-corrected chi connectivity index (χ2v) is 9.51. The number of nitrogens with one attached hydrogen (secondary N) is 1. The topological polar surface area (TPSA) is 126 Å². The third-order valence-electron chi connectivity index (χ3n) is 5.59. The van der Waals surface area contributed by atoms with Gasteiger partial charge in [0.15, 0.2) is 0 Å². The number of amides is 1. The molecule has 0 saturated heterocycles. The van der Waals surface area contributed by atoms with Crippen molar-refractivity contribution in [2.45, 2.75) is 20.1 Å². The summed E-state index contributed by atoms with van der Waals surface area (Å²) in [7, 11) is -4.28. The van der Waals surface area contributed by atoms with Crippen molar-refractivity contribution in [1.82, 2.24) is 9.55 Å². The van der Waals surface area contributed by atoms with Gasteiger partial charge in [-0.25, -0.2) is 9.55 Å². The Hall–Kier alpha value is -4.06. The molecule has 0 fully saturated rings. The highest BCUT2D eigenvalue weighted by molar-refractivity contribution is 7.47. The number of hydrogen-bond acceptors (Lipinski definition) is 6. The van der Waals surface area contributed by atoms with Crippen LogP contribution >= 0.6 is 7.82 Å². The van der Waals surface area contributed by atoms with Gasteiger partial charge in [0.1, 0.15) is 11.9 Å². The number of pyridine rings is 1. The molecule has 1 amide bonds. The van der Waals surface area contributed by atoms with Gasteiger partial charge >= 0.3 is 7.82 Å². The molecule has 2 N–H and O–H groups in total. The van der Waals surface area contributed by atoms with Crippen molar-refractivity contribution in [3.63, 3.8) is 0 Å². The smallest absolute Gasteiger partial charge is 0.323 e. The fourth-order valence-corrected chi connectivity index (χ4v) is 4.83. The Morgan fingerprint density at radius 3 is 2.73 bits per heavy atom. The number of benzene rings is 2. The maximum atomic E-state index is 12.3. The summed E-state index contributed by atoms with van der Waals surface area (Å²) in [5, 5.41) is 12.9. The summed E-state index contributed by atoms with van der Waals surface area (Å²) in [6, 6.07) is 18.6. The fraction of sp³-hybridized carbons (Fsp3) is 0.148. The van der Waals surface area contributed by atoms with Crippen LogP contribution in [0.2, 0.25) is 0 Å². The summed E-state index contributed by atoms with van der Waals surface area (Å²) >= 11 is 0. The van der Waals surface area contributed by atoms with Crippen molar-refractivity contribution in [3.8, 4) is 28.3 Å². The number of phosphoric ester groups is 1. The van der Waals surface area contributed by atoms with Gasteiger partial charge in [0.2, 0.25) is 5.91 Å². The number of rotatable bonds is 9. The SMILES string of the molecule is C=CC(=O)Nc1cccc(-c2cnc3c(c2)c(-c2cccc(C#N)c2)cn3C(C)OP(=O)(O)OCC)c1. The Balaban J connectivity index is 1.85. The summed E-state index contributed by atoms with van der Waals surface area (Å²) in [4.78, 5) is 26.4. The second-order valence-electron chi connectivity index (χ2n) is 8.10. The maximum absolute atomic E-state index is 12.3. The van der Waals surface area contributed by atoms with Crippen molar-refractivity contribution in [2.75, 3.05) is 11.9 Å². The van der Waals surface area contributed by atoms with Crippen LogP contribution in [0, 0.1) is 11.3 Å². The normalized spacial score (nSPS) is 13.5. The minimum atomic E-state index is -4.28. The van der Waals surface area contributed by atoms with Gasteiger partial charge in [0.25, 0.3) is 0 Å². The van der Waals surface area contributed by atoms with E-state index in [4.69, 9.17) is 9.05 Å². The number of carbonyl (C=O) groups excluding carboxylic acids is 1. The lowest BCUT2D eigenvalue weighted by atomic mass is 10.0. The molecular weight excluding hydrogens is 491 g/mol. The first kappa shape index (κ1) is 26.0. The Labute approximate surface area is 214 Å². The molecule has 37 heavy (non-hydrogen) atoms. The second kappa shape index (κ2) is 10.9. The van der Waals surface area contributed by atoms with Crippen LogP contribution in [0.15, 0.2) is 79.6 Å². The molecule has 2 aromatic carbocycles. The zero-order valence-corrected chi connectivity index (χ0v) is 21.2. The van der Waals surface area contributed by atoms with E-state index in [-0.39, 0.29) is 12.5 Å². The summed E-state index contributed by atoms with van der Waals surface area (Å²) in [5.74, 6) is -0.315. The molecule has 2 heterocycles. The quantitative estimate of drug-likeness (QED) is 0.205. The van der Waals surface area contributed by atoms with Crippen LogP contribution in [0.1, 0.15) is 25.6 Å². The minimum absolute atomic E-state index is 0.0209. The molecule has 4 aromatic rings. The van der Waals surface area contributed by atoms with Crippen molar-refractivity contribution in [1.29, 1.82) is 5.26 Å². The van der Waals surface area contributed by atoms with Gasteiger partial charge in [0, 0.05) is 34.6 Å². The van der Waals surface area contributed by atoms with E-state index in [1.54, 1.807) is 55.1 Å². The lowest BCUT2D eigenvalue weighted by Crippen LogP contribution is -2.09. The molecule has 2 aromatic heterocycles. The molecular formula is C27H25N4O5P. The van der Waals surface area contributed by atoms with Gasteiger partial charge in [0.05, 0.1) is 18.2 Å². The molecule has 2 unspecified atom stereocenters. The first-order chi connectivity index (χ1) is 17.7. The first-order valence-corrected chi connectivity index (χ1v) is 12.9. The van der Waals surface area contributed by atoms with Gasteiger partial charge in [-0.1, -0.05) is 30.8 Å². The lowest BCUT2D eigenvalue weighted by Gasteiger charge is -2.18.